The molecule has 0 heterocycles. The Morgan fingerprint density at radius 3 is 2.60 bits per heavy atom. The molecule has 6 nitrogen and oxygen atoms in total. The van der Waals surface area contributed by atoms with Crippen molar-refractivity contribution in [1.29, 1.82) is 0 Å². The summed E-state index contributed by atoms with van der Waals surface area (Å²) in [4.78, 5) is 24.1. The molecule has 0 atom stereocenters. The maximum absolute atomic E-state index is 13.3. The van der Waals surface area contributed by atoms with Gasteiger partial charge in [0.05, 0.1) is 19.3 Å². The van der Waals surface area contributed by atoms with Gasteiger partial charge in [0.1, 0.15) is 18.1 Å². The Morgan fingerprint density at radius 2 is 2.05 bits per heavy atom. The minimum absolute atomic E-state index is 0.0233. The number of carboxylic acids is 1. The van der Waals surface area contributed by atoms with Crippen molar-refractivity contribution in [3.8, 4) is 5.75 Å². The molecule has 1 rings (SSSR count). The van der Waals surface area contributed by atoms with Crippen LogP contribution in [-0.4, -0.2) is 55.8 Å². The summed E-state index contributed by atoms with van der Waals surface area (Å²) in [6.07, 6.45) is 0. The van der Waals surface area contributed by atoms with Crippen LogP contribution in [0.25, 0.3) is 0 Å². The van der Waals surface area contributed by atoms with Crippen LogP contribution in [0.1, 0.15) is 10.4 Å². The number of halogens is 1. The fourth-order valence-corrected chi connectivity index (χ4v) is 1.63. The van der Waals surface area contributed by atoms with Gasteiger partial charge in [-0.1, -0.05) is 0 Å². The predicted molar refractivity (Wildman–Crippen MR) is 68.4 cm³/mol. The maximum Gasteiger partial charge on any atom is 0.323 e. The molecule has 0 fully saturated rings. The minimum Gasteiger partial charge on any atom is -0.496 e. The van der Waals surface area contributed by atoms with Gasteiger partial charge in [0.25, 0.3) is 5.91 Å². The van der Waals surface area contributed by atoms with Gasteiger partial charge in [-0.25, -0.2) is 4.39 Å². The van der Waals surface area contributed by atoms with Gasteiger partial charge in [0.2, 0.25) is 0 Å². The molecular formula is C13H16FNO5. The number of hydrogen-bond donors (Lipinski definition) is 1. The number of rotatable bonds is 7. The summed E-state index contributed by atoms with van der Waals surface area (Å²) in [6.45, 7) is -0.236. The van der Waals surface area contributed by atoms with Crippen molar-refractivity contribution in [3.05, 3.63) is 29.6 Å². The Bertz CT molecular complexity index is 492. The van der Waals surface area contributed by atoms with E-state index >= 15 is 0 Å². The number of ether oxygens (including phenoxy) is 2. The second-order valence-electron chi connectivity index (χ2n) is 3.96. The Hall–Kier alpha value is -2.15. The first-order chi connectivity index (χ1) is 9.49. The molecule has 0 saturated carbocycles. The van der Waals surface area contributed by atoms with Crippen LogP contribution in [0.3, 0.4) is 0 Å². The van der Waals surface area contributed by atoms with E-state index in [0.717, 1.165) is 17.0 Å². The summed E-state index contributed by atoms with van der Waals surface area (Å²) in [5.74, 6) is -2.20. The van der Waals surface area contributed by atoms with Crippen molar-refractivity contribution in [1.82, 2.24) is 4.90 Å². The third-order valence-electron chi connectivity index (χ3n) is 2.57. The van der Waals surface area contributed by atoms with Crippen molar-refractivity contribution < 1.29 is 28.6 Å². The fraction of sp³-hybridized carbons (Fsp3) is 0.385. The number of amides is 1. The predicted octanol–water partition coefficient (Wildman–Crippen LogP) is 1.01. The van der Waals surface area contributed by atoms with Gasteiger partial charge in [0.15, 0.2) is 0 Å². The minimum atomic E-state index is -1.16. The Labute approximate surface area is 115 Å². The van der Waals surface area contributed by atoms with Crippen molar-refractivity contribution in [2.24, 2.45) is 0 Å². The molecule has 0 spiro atoms. The number of carboxylic acid groups (broad SMARTS) is 1. The van der Waals surface area contributed by atoms with E-state index in [4.69, 9.17) is 14.6 Å². The highest BCUT2D eigenvalue weighted by atomic mass is 19.1. The van der Waals surface area contributed by atoms with Gasteiger partial charge in [0, 0.05) is 13.7 Å². The molecule has 0 radical (unpaired) electrons. The lowest BCUT2D eigenvalue weighted by atomic mass is 10.1. The van der Waals surface area contributed by atoms with Crippen molar-refractivity contribution in [3.63, 3.8) is 0 Å². The summed E-state index contributed by atoms with van der Waals surface area (Å²) < 4.78 is 23.1. The Morgan fingerprint density at radius 1 is 1.35 bits per heavy atom. The average molecular weight is 285 g/mol. The normalized spacial score (nSPS) is 10.2. The third-order valence-corrected chi connectivity index (χ3v) is 2.57. The van der Waals surface area contributed by atoms with E-state index in [-0.39, 0.29) is 24.5 Å². The lowest BCUT2D eigenvalue weighted by Gasteiger charge is -2.21. The van der Waals surface area contributed by atoms with E-state index in [1.54, 1.807) is 0 Å². The van der Waals surface area contributed by atoms with Gasteiger partial charge in [-0.15, -0.1) is 0 Å². The van der Waals surface area contributed by atoms with E-state index in [2.05, 4.69) is 0 Å². The number of carbonyl (C=O) groups excluding carboxylic acids is 1. The Balaban J connectivity index is 3.03. The highest BCUT2D eigenvalue weighted by Crippen LogP contribution is 2.21. The molecule has 0 aliphatic rings. The van der Waals surface area contributed by atoms with Crippen LogP contribution in [0.2, 0.25) is 0 Å². The van der Waals surface area contributed by atoms with Gasteiger partial charge in [-0.2, -0.15) is 0 Å². The first-order valence-corrected chi connectivity index (χ1v) is 5.83. The van der Waals surface area contributed by atoms with Crippen LogP contribution in [-0.2, 0) is 9.53 Å². The Kier molecular flexibility index (Phi) is 5.92. The van der Waals surface area contributed by atoms with Crippen LogP contribution in [0.15, 0.2) is 18.2 Å². The molecule has 0 bridgehead atoms. The smallest absolute Gasteiger partial charge is 0.323 e. The van der Waals surface area contributed by atoms with Crippen LogP contribution in [0, 0.1) is 5.82 Å². The number of methoxy groups -OCH3 is 2. The summed E-state index contributed by atoms with van der Waals surface area (Å²) in [6, 6.07) is 3.49. The van der Waals surface area contributed by atoms with Crippen LogP contribution >= 0.6 is 0 Å². The molecule has 110 valence electrons. The molecule has 0 aliphatic carbocycles. The molecule has 0 aliphatic heterocycles. The molecule has 7 heteroatoms. The molecule has 1 amide bonds. The summed E-state index contributed by atoms with van der Waals surface area (Å²) in [7, 11) is 2.78. The summed E-state index contributed by atoms with van der Waals surface area (Å²) >= 11 is 0. The summed E-state index contributed by atoms with van der Waals surface area (Å²) in [5, 5.41) is 8.82. The van der Waals surface area contributed by atoms with Gasteiger partial charge in [-0.3, -0.25) is 9.59 Å². The van der Waals surface area contributed by atoms with Gasteiger partial charge < -0.3 is 19.5 Å². The topological polar surface area (TPSA) is 76.1 Å². The zero-order chi connectivity index (χ0) is 15.1. The number of nitrogens with zero attached hydrogens (tertiary/aromatic N) is 1. The van der Waals surface area contributed by atoms with Crippen LogP contribution in [0.4, 0.5) is 4.39 Å². The lowest BCUT2D eigenvalue weighted by molar-refractivity contribution is -0.137. The fourth-order valence-electron chi connectivity index (χ4n) is 1.63. The molecule has 1 aromatic rings. The zero-order valence-electron chi connectivity index (χ0n) is 11.3. The number of aliphatic carboxylic acids is 1. The largest absolute Gasteiger partial charge is 0.496 e. The average Bonchev–Trinajstić information content (AvgIpc) is 2.42. The first-order valence-electron chi connectivity index (χ1n) is 5.83. The molecule has 0 unspecified atom stereocenters. The molecule has 20 heavy (non-hydrogen) atoms. The van der Waals surface area contributed by atoms with E-state index in [0.29, 0.717) is 0 Å². The quantitative estimate of drug-likeness (QED) is 0.809. The van der Waals surface area contributed by atoms with E-state index in [9.17, 15) is 14.0 Å². The van der Waals surface area contributed by atoms with Crippen LogP contribution in [0.5, 0.6) is 5.75 Å². The summed E-state index contributed by atoms with van der Waals surface area (Å²) in [5.41, 5.74) is -0.0233. The molecule has 0 aromatic heterocycles. The van der Waals surface area contributed by atoms with Crippen LogP contribution < -0.4 is 4.74 Å². The second-order valence-corrected chi connectivity index (χ2v) is 3.96. The van der Waals surface area contributed by atoms with Gasteiger partial charge >= 0.3 is 5.97 Å². The maximum atomic E-state index is 13.3. The van der Waals surface area contributed by atoms with Crippen molar-refractivity contribution >= 4 is 11.9 Å². The SMILES string of the molecule is COCCN(CC(=O)O)C(=O)c1cc(F)ccc1OC. The second kappa shape index (κ2) is 7.44. The highest BCUT2D eigenvalue weighted by molar-refractivity contribution is 5.98. The van der Waals surface area contributed by atoms with Crippen molar-refractivity contribution in [2.45, 2.75) is 0 Å². The molecule has 1 N–H and O–H groups in total. The third kappa shape index (κ3) is 4.20. The van der Waals surface area contributed by atoms with E-state index in [1.807, 2.05) is 0 Å². The zero-order valence-corrected chi connectivity index (χ0v) is 11.3. The molecule has 0 saturated heterocycles. The monoisotopic (exact) mass is 285 g/mol. The first kappa shape index (κ1) is 15.9. The van der Waals surface area contributed by atoms with Gasteiger partial charge in [-0.05, 0) is 18.2 Å². The molecular weight excluding hydrogens is 269 g/mol. The van der Waals surface area contributed by atoms with E-state index < -0.39 is 24.2 Å². The highest BCUT2D eigenvalue weighted by Gasteiger charge is 2.22. The number of benzene rings is 1. The van der Waals surface area contributed by atoms with Crippen molar-refractivity contribution in [2.75, 3.05) is 33.9 Å². The standard InChI is InChI=1S/C13H16FNO5/c1-19-6-5-15(8-12(16)17)13(18)10-7-9(14)3-4-11(10)20-2/h3-4,7H,5-6,8H2,1-2H3,(H,16,17). The lowest BCUT2D eigenvalue weighted by Crippen LogP contribution is -2.38. The number of hydrogen-bond acceptors (Lipinski definition) is 4. The number of carbonyl (C=O) groups is 2. The molecule has 1 aromatic carbocycles. The van der Waals surface area contributed by atoms with E-state index in [1.165, 1.54) is 20.3 Å².